The van der Waals surface area contributed by atoms with Crippen LogP contribution < -0.4 is 20.9 Å². The molecule has 130 valence electrons. The average molecular weight is 343 g/mol. The van der Waals surface area contributed by atoms with Crippen molar-refractivity contribution >= 4 is 23.2 Å². The summed E-state index contributed by atoms with van der Waals surface area (Å²) in [5.74, 6) is -0.597. The molecule has 0 aromatic heterocycles. The molecule has 6 nitrogen and oxygen atoms in total. The van der Waals surface area contributed by atoms with Crippen molar-refractivity contribution in [3.63, 3.8) is 0 Å². The van der Waals surface area contributed by atoms with Gasteiger partial charge in [-0.2, -0.15) is 0 Å². The quantitative estimate of drug-likeness (QED) is 0.675. The highest BCUT2D eigenvalue weighted by molar-refractivity contribution is 5.89. The molecule has 0 spiro atoms. The smallest absolute Gasteiger partial charge is 0.276 e. The molecular weight excluding hydrogens is 325 g/mol. The average Bonchev–Trinajstić information content (AvgIpc) is 2.59. The minimum atomic E-state index is -0.427. The van der Waals surface area contributed by atoms with Crippen LogP contribution in [0.15, 0.2) is 55.1 Å². The van der Waals surface area contributed by atoms with Gasteiger partial charge in [-0.1, -0.05) is 18.7 Å². The summed E-state index contributed by atoms with van der Waals surface area (Å²) in [5.41, 5.74) is 6.90. The molecule has 0 aliphatic rings. The van der Waals surface area contributed by atoms with E-state index in [1.54, 1.807) is 24.3 Å². The molecule has 0 aliphatic heterocycles. The number of anilines is 1. The van der Waals surface area contributed by atoms with Gasteiger partial charge in [-0.05, 0) is 36.4 Å². The van der Waals surface area contributed by atoms with Crippen LogP contribution in [0.3, 0.4) is 0 Å². The fraction of sp³-hybridized carbons (Fsp3) is 0.111. The van der Waals surface area contributed by atoms with E-state index in [0.29, 0.717) is 22.7 Å². The lowest BCUT2D eigenvalue weighted by Crippen LogP contribution is -2.38. The fourth-order valence-electron chi connectivity index (χ4n) is 1.92. The molecule has 25 heavy (non-hydrogen) atoms. The van der Waals surface area contributed by atoms with E-state index in [-0.39, 0.29) is 18.3 Å². The summed E-state index contributed by atoms with van der Waals surface area (Å²) in [6.45, 7) is 5.00. The molecular formula is C18H18FN3O3. The molecule has 0 bridgehead atoms. The maximum atomic E-state index is 12.8. The summed E-state index contributed by atoms with van der Waals surface area (Å²) in [4.78, 5) is 22.8. The summed E-state index contributed by atoms with van der Waals surface area (Å²) in [5, 5.41) is 2.67. The van der Waals surface area contributed by atoms with Crippen molar-refractivity contribution in [2.75, 3.05) is 11.9 Å². The highest BCUT2D eigenvalue weighted by Gasteiger charge is 2.05. The third-order valence-corrected chi connectivity index (χ3v) is 3.07. The summed E-state index contributed by atoms with van der Waals surface area (Å²) < 4.78 is 18.0. The van der Waals surface area contributed by atoms with Crippen LogP contribution in [0.1, 0.15) is 12.5 Å². The molecule has 7 heteroatoms. The first-order valence-corrected chi connectivity index (χ1v) is 7.44. The van der Waals surface area contributed by atoms with E-state index in [1.165, 1.54) is 31.2 Å². The molecule has 0 heterocycles. The first-order chi connectivity index (χ1) is 11.9. The zero-order valence-electron chi connectivity index (χ0n) is 13.6. The zero-order chi connectivity index (χ0) is 18.2. The molecule has 0 saturated carbocycles. The fourth-order valence-corrected chi connectivity index (χ4v) is 1.92. The molecule has 0 aliphatic carbocycles. The topological polar surface area (TPSA) is 79.5 Å². The highest BCUT2D eigenvalue weighted by Crippen LogP contribution is 2.15. The first kappa shape index (κ1) is 18.0. The van der Waals surface area contributed by atoms with E-state index in [4.69, 9.17) is 4.74 Å². The van der Waals surface area contributed by atoms with Crippen molar-refractivity contribution < 1.29 is 18.7 Å². The van der Waals surface area contributed by atoms with Crippen LogP contribution in [-0.4, -0.2) is 18.4 Å². The molecule has 0 radical (unpaired) electrons. The number of hydrogen-bond acceptors (Lipinski definition) is 4. The lowest BCUT2D eigenvalue weighted by atomic mass is 10.1. The Hall–Kier alpha value is -3.35. The Balaban J connectivity index is 1.81. The van der Waals surface area contributed by atoms with E-state index in [0.717, 1.165) is 0 Å². The second-order valence-corrected chi connectivity index (χ2v) is 5.16. The SMILES string of the molecule is C=C(NNC(=O)COc1ccc(F)cc1)c1cccc(NC(C)=O)c1. The van der Waals surface area contributed by atoms with Gasteiger partial charge in [0.2, 0.25) is 5.91 Å². The number of halogens is 1. The van der Waals surface area contributed by atoms with Gasteiger partial charge in [0.15, 0.2) is 6.61 Å². The monoisotopic (exact) mass is 343 g/mol. The number of carbonyl (C=O) groups is 2. The predicted molar refractivity (Wildman–Crippen MR) is 93.0 cm³/mol. The van der Waals surface area contributed by atoms with Gasteiger partial charge in [0, 0.05) is 18.2 Å². The molecule has 0 fully saturated rings. The summed E-state index contributed by atoms with van der Waals surface area (Å²) >= 11 is 0. The molecule has 3 N–H and O–H groups in total. The van der Waals surface area contributed by atoms with Crippen LogP contribution in [0.4, 0.5) is 10.1 Å². The lowest BCUT2D eigenvalue weighted by Gasteiger charge is -2.13. The number of amides is 2. The van der Waals surface area contributed by atoms with Crippen molar-refractivity contribution in [3.05, 3.63) is 66.5 Å². The standard InChI is InChI=1S/C18H18FN3O3/c1-12(14-4-3-5-16(10-14)20-13(2)23)21-22-18(24)11-25-17-8-6-15(19)7-9-17/h3-10,21H,1,11H2,2H3,(H,20,23)(H,22,24). The number of hydrazine groups is 1. The Kier molecular flexibility index (Phi) is 6.11. The van der Waals surface area contributed by atoms with Gasteiger partial charge >= 0.3 is 0 Å². The third-order valence-electron chi connectivity index (χ3n) is 3.07. The number of hydrogen-bond donors (Lipinski definition) is 3. The third kappa shape index (κ3) is 5.98. The van der Waals surface area contributed by atoms with E-state index in [2.05, 4.69) is 22.7 Å². The number of benzene rings is 2. The molecule has 0 unspecified atom stereocenters. The molecule has 2 amide bonds. The van der Waals surface area contributed by atoms with Crippen LogP contribution in [-0.2, 0) is 9.59 Å². The Morgan fingerprint density at radius 2 is 1.84 bits per heavy atom. The second-order valence-electron chi connectivity index (χ2n) is 5.16. The van der Waals surface area contributed by atoms with Gasteiger partial charge in [-0.15, -0.1) is 0 Å². The van der Waals surface area contributed by atoms with Crippen LogP contribution in [0.25, 0.3) is 5.70 Å². The summed E-state index contributed by atoms with van der Waals surface area (Å²) in [6.07, 6.45) is 0. The Morgan fingerprint density at radius 1 is 1.12 bits per heavy atom. The maximum absolute atomic E-state index is 12.8. The molecule has 2 aromatic rings. The molecule has 2 rings (SSSR count). The van der Waals surface area contributed by atoms with Gasteiger partial charge in [-0.3, -0.25) is 20.4 Å². The van der Waals surface area contributed by atoms with Gasteiger partial charge in [-0.25, -0.2) is 4.39 Å². The van der Waals surface area contributed by atoms with Crippen LogP contribution >= 0.6 is 0 Å². The van der Waals surface area contributed by atoms with Crippen molar-refractivity contribution in [2.45, 2.75) is 6.92 Å². The van der Waals surface area contributed by atoms with Gasteiger partial charge in [0.25, 0.3) is 5.91 Å². The van der Waals surface area contributed by atoms with Gasteiger partial charge in [0.1, 0.15) is 11.6 Å². The van der Waals surface area contributed by atoms with Crippen molar-refractivity contribution in [1.29, 1.82) is 0 Å². The minimum Gasteiger partial charge on any atom is -0.484 e. The van der Waals surface area contributed by atoms with E-state index in [1.807, 2.05) is 0 Å². The lowest BCUT2D eigenvalue weighted by molar-refractivity contribution is -0.123. The summed E-state index contributed by atoms with van der Waals surface area (Å²) in [6, 6.07) is 12.4. The minimum absolute atomic E-state index is 0.179. The number of rotatable bonds is 7. The zero-order valence-corrected chi connectivity index (χ0v) is 13.6. The van der Waals surface area contributed by atoms with Crippen molar-refractivity contribution in [3.8, 4) is 5.75 Å². The molecule has 2 aromatic carbocycles. The van der Waals surface area contributed by atoms with Crippen molar-refractivity contribution in [1.82, 2.24) is 10.9 Å². The Labute approximate surface area is 144 Å². The van der Waals surface area contributed by atoms with E-state index >= 15 is 0 Å². The van der Waals surface area contributed by atoms with Crippen molar-refractivity contribution in [2.24, 2.45) is 0 Å². The second kappa shape index (κ2) is 8.49. The van der Waals surface area contributed by atoms with Crippen LogP contribution in [0.5, 0.6) is 5.75 Å². The van der Waals surface area contributed by atoms with Crippen LogP contribution in [0.2, 0.25) is 0 Å². The summed E-state index contributed by atoms with van der Waals surface area (Å²) in [7, 11) is 0. The number of nitrogens with one attached hydrogen (secondary N) is 3. The Bertz CT molecular complexity index is 775. The molecule has 0 atom stereocenters. The van der Waals surface area contributed by atoms with Gasteiger partial charge < -0.3 is 10.1 Å². The maximum Gasteiger partial charge on any atom is 0.276 e. The highest BCUT2D eigenvalue weighted by atomic mass is 19.1. The predicted octanol–water partition coefficient (Wildman–Crippen LogP) is 2.45. The normalized spacial score (nSPS) is 9.84. The number of carbonyl (C=O) groups excluding carboxylic acids is 2. The Morgan fingerprint density at radius 3 is 2.52 bits per heavy atom. The van der Waals surface area contributed by atoms with Gasteiger partial charge in [0.05, 0.1) is 5.70 Å². The molecule has 0 saturated heterocycles. The number of ether oxygens (including phenoxy) is 1. The van der Waals surface area contributed by atoms with E-state index in [9.17, 15) is 14.0 Å². The largest absolute Gasteiger partial charge is 0.484 e. The van der Waals surface area contributed by atoms with E-state index < -0.39 is 5.91 Å². The van der Waals surface area contributed by atoms with Crippen LogP contribution in [0, 0.1) is 5.82 Å². The first-order valence-electron chi connectivity index (χ1n) is 7.44.